The molecule has 0 aliphatic heterocycles. The zero-order chi connectivity index (χ0) is 19.4. The van der Waals surface area contributed by atoms with Gasteiger partial charge in [-0.2, -0.15) is 0 Å². The fourth-order valence-corrected chi connectivity index (χ4v) is 4.73. The maximum absolute atomic E-state index is 13.4. The number of aryl methyl sites for hydroxylation is 1. The normalized spacial score (nSPS) is 13.9. The van der Waals surface area contributed by atoms with E-state index in [1.807, 2.05) is 0 Å². The van der Waals surface area contributed by atoms with Gasteiger partial charge in [0.1, 0.15) is 5.00 Å². The van der Waals surface area contributed by atoms with E-state index in [0.29, 0.717) is 16.3 Å². The Morgan fingerprint density at radius 1 is 1.11 bits per heavy atom. The molecule has 1 heterocycles. The number of nitrogens with one attached hydrogen (secondary N) is 2. The lowest BCUT2D eigenvalue weighted by atomic mass is 9.96. The molecular formula is C19H20F2N2O2S2. The minimum Gasteiger partial charge on any atom is -0.465 e. The first-order valence-corrected chi connectivity index (χ1v) is 9.98. The van der Waals surface area contributed by atoms with E-state index >= 15 is 0 Å². The number of anilines is 2. The van der Waals surface area contributed by atoms with Crippen LogP contribution in [0.15, 0.2) is 18.2 Å². The fraction of sp³-hybridized carbons (Fsp3) is 0.368. The first kappa shape index (κ1) is 19.7. The van der Waals surface area contributed by atoms with Gasteiger partial charge >= 0.3 is 5.97 Å². The number of rotatable bonds is 3. The summed E-state index contributed by atoms with van der Waals surface area (Å²) < 4.78 is 31.4. The van der Waals surface area contributed by atoms with Crippen LogP contribution < -0.4 is 10.6 Å². The molecular weight excluding hydrogens is 390 g/mol. The number of hydrogen-bond donors (Lipinski definition) is 2. The van der Waals surface area contributed by atoms with Crippen molar-refractivity contribution >= 4 is 45.3 Å². The van der Waals surface area contributed by atoms with Crippen LogP contribution in [-0.2, 0) is 17.6 Å². The number of esters is 1. The van der Waals surface area contributed by atoms with Gasteiger partial charge in [0, 0.05) is 16.6 Å². The van der Waals surface area contributed by atoms with Gasteiger partial charge in [0.15, 0.2) is 16.7 Å². The molecule has 0 spiro atoms. The van der Waals surface area contributed by atoms with Gasteiger partial charge in [-0.15, -0.1) is 11.3 Å². The first-order chi connectivity index (χ1) is 13.0. The number of halogens is 2. The Morgan fingerprint density at radius 2 is 1.85 bits per heavy atom. The summed E-state index contributed by atoms with van der Waals surface area (Å²) in [5.41, 5.74) is 1.87. The molecule has 0 radical (unpaired) electrons. The molecule has 0 atom stereocenters. The minimum absolute atomic E-state index is 0.195. The number of methoxy groups -OCH3 is 1. The average molecular weight is 411 g/mol. The highest BCUT2D eigenvalue weighted by molar-refractivity contribution is 7.80. The summed E-state index contributed by atoms with van der Waals surface area (Å²) in [6.07, 6.45) is 6.21. The Hall–Kier alpha value is -2.06. The molecule has 2 N–H and O–H groups in total. The van der Waals surface area contributed by atoms with Crippen LogP contribution in [0.3, 0.4) is 0 Å². The molecule has 0 saturated heterocycles. The highest BCUT2D eigenvalue weighted by Gasteiger charge is 2.25. The molecule has 1 aliphatic carbocycles. The van der Waals surface area contributed by atoms with E-state index in [1.165, 1.54) is 35.8 Å². The number of thiocarbonyl (C=S) groups is 1. The average Bonchev–Trinajstić information content (AvgIpc) is 2.93. The van der Waals surface area contributed by atoms with Crippen LogP contribution >= 0.6 is 23.6 Å². The van der Waals surface area contributed by atoms with Gasteiger partial charge in [0.2, 0.25) is 0 Å². The monoisotopic (exact) mass is 410 g/mol. The topological polar surface area (TPSA) is 50.4 Å². The number of thiophene rings is 1. The molecule has 1 aromatic heterocycles. The Balaban J connectivity index is 1.84. The summed E-state index contributed by atoms with van der Waals surface area (Å²) in [4.78, 5) is 13.6. The summed E-state index contributed by atoms with van der Waals surface area (Å²) in [6.45, 7) is 0. The van der Waals surface area contributed by atoms with Crippen molar-refractivity contribution in [1.29, 1.82) is 0 Å². The Labute approximate surface area is 165 Å². The predicted molar refractivity (Wildman–Crippen MR) is 108 cm³/mol. The van der Waals surface area contributed by atoms with E-state index in [9.17, 15) is 13.6 Å². The van der Waals surface area contributed by atoms with Crippen molar-refractivity contribution in [2.24, 2.45) is 0 Å². The number of carbonyl (C=O) groups is 1. The molecule has 0 amide bonds. The summed E-state index contributed by atoms with van der Waals surface area (Å²) in [7, 11) is 1.36. The Morgan fingerprint density at radius 3 is 2.56 bits per heavy atom. The second-order valence-electron chi connectivity index (χ2n) is 6.32. The quantitative estimate of drug-likeness (QED) is 0.533. The van der Waals surface area contributed by atoms with E-state index in [4.69, 9.17) is 17.0 Å². The lowest BCUT2D eigenvalue weighted by Crippen LogP contribution is -2.20. The lowest BCUT2D eigenvalue weighted by molar-refractivity contribution is 0.0601. The maximum atomic E-state index is 13.4. The third-order valence-corrected chi connectivity index (χ3v) is 5.88. The van der Waals surface area contributed by atoms with Crippen LogP contribution in [0.25, 0.3) is 0 Å². The molecule has 0 bridgehead atoms. The van der Waals surface area contributed by atoms with Crippen LogP contribution in [0.4, 0.5) is 19.5 Å². The molecule has 1 aliphatic rings. The van der Waals surface area contributed by atoms with Crippen molar-refractivity contribution in [3.63, 3.8) is 0 Å². The molecule has 8 heteroatoms. The molecule has 2 aromatic rings. The van der Waals surface area contributed by atoms with Gasteiger partial charge in [-0.25, -0.2) is 13.6 Å². The third kappa shape index (κ3) is 4.62. The predicted octanol–water partition coefficient (Wildman–Crippen LogP) is 5.28. The Bertz CT molecular complexity index is 868. The van der Waals surface area contributed by atoms with Crippen molar-refractivity contribution in [2.75, 3.05) is 17.7 Å². The Kier molecular flexibility index (Phi) is 6.38. The van der Waals surface area contributed by atoms with Gasteiger partial charge in [-0.3, -0.25) is 0 Å². The number of carbonyl (C=O) groups excluding carboxylic acids is 1. The van der Waals surface area contributed by atoms with Gasteiger partial charge in [0.05, 0.1) is 12.7 Å². The highest BCUT2D eigenvalue weighted by Crippen LogP contribution is 2.37. The SMILES string of the molecule is COC(=O)c1c(NC(=S)Nc2ccc(F)c(F)c2)sc2c1CCCCCC2. The molecule has 0 fully saturated rings. The van der Waals surface area contributed by atoms with Crippen LogP contribution in [0.2, 0.25) is 0 Å². The largest absolute Gasteiger partial charge is 0.465 e. The molecule has 3 rings (SSSR count). The molecule has 27 heavy (non-hydrogen) atoms. The van der Waals surface area contributed by atoms with E-state index < -0.39 is 17.6 Å². The van der Waals surface area contributed by atoms with Gasteiger partial charge in [-0.1, -0.05) is 12.8 Å². The molecule has 1 aromatic carbocycles. The second-order valence-corrected chi connectivity index (χ2v) is 7.84. The van der Waals surface area contributed by atoms with E-state index in [0.717, 1.165) is 49.8 Å². The number of hydrogen-bond acceptors (Lipinski definition) is 4. The van der Waals surface area contributed by atoms with Crippen molar-refractivity contribution in [3.05, 3.63) is 45.8 Å². The third-order valence-electron chi connectivity index (χ3n) is 4.47. The lowest BCUT2D eigenvalue weighted by Gasteiger charge is -2.12. The van der Waals surface area contributed by atoms with Gasteiger partial charge in [0.25, 0.3) is 0 Å². The van der Waals surface area contributed by atoms with Crippen molar-refractivity contribution in [2.45, 2.75) is 38.5 Å². The maximum Gasteiger partial charge on any atom is 0.341 e. The number of fused-ring (bicyclic) bond motifs is 1. The summed E-state index contributed by atoms with van der Waals surface area (Å²) in [5.74, 6) is -2.28. The van der Waals surface area contributed by atoms with Crippen LogP contribution in [0.1, 0.15) is 46.5 Å². The minimum atomic E-state index is -0.961. The zero-order valence-electron chi connectivity index (χ0n) is 14.9. The number of benzene rings is 1. The molecule has 4 nitrogen and oxygen atoms in total. The van der Waals surface area contributed by atoms with Crippen LogP contribution in [0.5, 0.6) is 0 Å². The van der Waals surface area contributed by atoms with Crippen LogP contribution in [-0.4, -0.2) is 18.2 Å². The van der Waals surface area contributed by atoms with E-state index in [-0.39, 0.29) is 5.11 Å². The molecule has 144 valence electrons. The standard InChI is InChI=1S/C19H20F2N2O2S2/c1-25-18(24)16-12-6-4-2-3-5-7-15(12)27-17(16)23-19(26)22-11-8-9-13(20)14(21)10-11/h8-10H,2-7H2,1H3,(H2,22,23,26). The summed E-state index contributed by atoms with van der Waals surface area (Å²) >= 11 is 6.79. The van der Waals surface area contributed by atoms with E-state index in [1.54, 1.807) is 0 Å². The highest BCUT2D eigenvalue weighted by atomic mass is 32.1. The summed E-state index contributed by atoms with van der Waals surface area (Å²) in [6, 6.07) is 3.44. The summed E-state index contributed by atoms with van der Waals surface area (Å²) in [5, 5.41) is 6.66. The van der Waals surface area contributed by atoms with Crippen molar-refractivity contribution < 1.29 is 18.3 Å². The molecule has 0 saturated carbocycles. The van der Waals surface area contributed by atoms with Crippen molar-refractivity contribution in [1.82, 2.24) is 0 Å². The van der Waals surface area contributed by atoms with Crippen LogP contribution in [0, 0.1) is 11.6 Å². The van der Waals surface area contributed by atoms with Gasteiger partial charge in [-0.05, 0) is 55.6 Å². The number of ether oxygens (including phenoxy) is 1. The fourth-order valence-electron chi connectivity index (χ4n) is 3.16. The van der Waals surface area contributed by atoms with Gasteiger partial charge < -0.3 is 15.4 Å². The first-order valence-electron chi connectivity index (χ1n) is 8.75. The second kappa shape index (κ2) is 8.75. The van der Waals surface area contributed by atoms with E-state index in [2.05, 4.69) is 10.6 Å². The van der Waals surface area contributed by atoms with Crippen molar-refractivity contribution in [3.8, 4) is 0 Å². The zero-order valence-corrected chi connectivity index (χ0v) is 16.5. The molecule has 0 unspecified atom stereocenters. The smallest absolute Gasteiger partial charge is 0.341 e.